The van der Waals surface area contributed by atoms with Gasteiger partial charge in [0.2, 0.25) is 5.76 Å². The van der Waals surface area contributed by atoms with Gasteiger partial charge >= 0.3 is 5.97 Å². The van der Waals surface area contributed by atoms with E-state index in [9.17, 15) is 4.79 Å². The van der Waals surface area contributed by atoms with Gasteiger partial charge in [0.1, 0.15) is 6.10 Å². The SMILES string of the molecule is C[C@@H](OC(=O)c1ccco1)c1ccc(Cl)cn1. The number of esters is 1. The zero-order valence-electron chi connectivity index (χ0n) is 9.09. The zero-order valence-corrected chi connectivity index (χ0v) is 9.85. The third-order valence-electron chi connectivity index (χ3n) is 2.17. The number of ether oxygens (including phenoxy) is 1. The standard InChI is InChI=1S/C12H10ClNO3/c1-8(10-5-4-9(13)7-14-10)17-12(15)11-3-2-6-16-11/h2-8H,1H3/t8-/m1/s1. The van der Waals surface area contributed by atoms with E-state index in [-0.39, 0.29) is 5.76 Å². The van der Waals surface area contributed by atoms with Crippen molar-refractivity contribution >= 4 is 17.6 Å². The Labute approximate surface area is 103 Å². The molecule has 0 aliphatic heterocycles. The van der Waals surface area contributed by atoms with Gasteiger partial charge in [-0.25, -0.2) is 4.79 Å². The molecule has 88 valence electrons. The van der Waals surface area contributed by atoms with Crippen molar-refractivity contribution in [3.63, 3.8) is 0 Å². The molecule has 2 aromatic heterocycles. The van der Waals surface area contributed by atoms with E-state index in [1.165, 1.54) is 12.5 Å². The van der Waals surface area contributed by atoms with E-state index >= 15 is 0 Å². The van der Waals surface area contributed by atoms with Crippen molar-refractivity contribution < 1.29 is 13.9 Å². The van der Waals surface area contributed by atoms with E-state index in [4.69, 9.17) is 20.8 Å². The molecule has 0 spiro atoms. The number of halogens is 1. The van der Waals surface area contributed by atoms with Crippen molar-refractivity contribution in [2.24, 2.45) is 0 Å². The van der Waals surface area contributed by atoms with E-state index in [1.54, 1.807) is 31.2 Å². The molecule has 2 aromatic rings. The predicted octanol–water partition coefficient (Wildman–Crippen LogP) is 3.25. The molecule has 0 bridgehead atoms. The lowest BCUT2D eigenvalue weighted by atomic mass is 10.2. The van der Waals surface area contributed by atoms with Gasteiger partial charge < -0.3 is 9.15 Å². The quantitative estimate of drug-likeness (QED) is 0.786. The lowest BCUT2D eigenvalue weighted by Gasteiger charge is -2.11. The van der Waals surface area contributed by atoms with E-state index < -0.39 is 12.1 Å². The summed E-state index contributed by atoms with van der Waals surface area (Å²) in [4.78, 5) is 15.7. The normalized spacial score (nSPS) is 12.1. The molecule has 0 radical (unpaired) electrons. The van der Waals surface area contributed by atoms with Gasteiger partial charge in [0.25, 0.3) is 0 Å². The summed E-state index contributed by atoms with van der Waals surface area (Å²) in [5.74, 6) is -0.343. The van der Waals surface area contributed by atoms with Crippen LogP contribution < -0.4 is 0 Å². The average molecular weight is 252 g/mol. The van der Waals surface area contributed by atoms with Crippen LogP contribution in [-0.2, 0) is 4.74 Å². The summed E-state index contributed by atoms with van der Waals surface area (Å²) >= 11 is 5.72. The molecule has 0 saturated heterocycles. The highest BCUT2D eigenvalue weighted by Gasteiger charge is 2.16. The number of hydrogen-bond donors (Lipinski definition) is 0. The van der Waals surface area contributed by atoms with Crippen LogP contribution in [0.25, 0.3) is 0 Å². The van der Waals surface area contributed by atoms with Crippen molar-refractivity contribution in [2.45, 2.75) is 13.0 Å². The molecular weight excluding hydrogens is 242 g/mol. The molecule has 2 heterocycles. The van der Waals surface area contributed by atoms with Gasteiger partial charge in [-0.15, -0.1) is 0 Å². The Hall–Kier alpha value is -1.81. The van der Waals surface area contributed by atoms with Crippen molar-refractivity contribution in [1.29, 1.82) is 0 Å². The van der Waals surface area contributed by atoms with Gasteiger partial charge in [-0.2, -0.15) is 0 Å². The molecule has 0 saturated carbocycles. The molecule has 0 N–H and O–H groups in total. The van der Waals surface area contributed by atoms with Crippen LogP contribution in [0.15, 0.2) is 41.1 Å². The summed E-state index contributed by atoms with van der Waals surface area (Å²) in [5.41, 5.74) is 0.634. The summed E-state index contributed by atoms with van der Waals surface area (Å²) < 4.78 is 10.1. The van der Waals surface area contributed by atoms with Crippen LogP contribution >= 0.6 is 11.6 Å². The Morgan fingerprint density at radius 2 is 2.29 bits per heavy atom. The largest absolute Gasteiger partial charge is 0.457 e. The second-order valence-corrected chi connectivity index (χ2v) is 3.86. The Morgan fingerprint density at radius 1 is 1.47 bits per heavy atom. The van der Waals surface area contributed by atoms with Gasteiger partial charge in [-0.3, -0.25) is 4.98 Å². The number of carbonyl (C=O) groups excluding carboxylic acids is 1. The summed E-state index contributed by atoms with van der Waals surface area (Å²) in [7, 11) is 0. The highest BCUT2D eigenvalue weighted by molar-refractivity contribution is 6.30. The molecular formula is C12H10ClNO3. The number of rotatable bonds is 3. The molecule has 0 aliphatic rings. The Morgan fingerprint density at radius 3 is 2.88 bits per heavy atom. The second-order valence-electron chi connectivity index (χ2n) is 3.43. The number of furan rings is 1. The summed E-state index contributed by atoms with van der Waals surface area (Å²) in [6.45, 7) is 1.73. The van der Waals surface area contributed by atoms with Crippen molar-refractivity contribution in [1.82, 2.24) is 4.98 Å². The van der Waals surface area contributed by atoms with Gasteiger partial charge in [0.05, 0.1) is 17.0 Å². The average Bonchev–Trinajstić information content (AvgIpc) is 2.83. The van der Waals surface area contributed by atoms with Crippen LogP contribution in [0.3, 0.4) is 0 Å². The number of carbonyl (C=O) groups is 1. The Bertz CT molecular complexity index is 493. The molecule has 0 aromatic carbocycles. The maximum Gasteiger partial charge on any atom is 0.374 e. The molecule has 2 rings (SSSR count). The molecule has 5 heteroatoms. The van der Waals surface area contributed by atoms with Crippen LogP contribution in [0.1, 0.15) is 29.3 Å². The highest BCUT2D eigenvalue weighted by atomic mass is 35.5. The number of hydrogen-bond acceptors (Lipinski definition) is 4. The maximum absolute atomic E-state index is 11.6. The van der Waals surface area contributed by atoms with E-state index in [0.29, 0.717) is 10.7 Å². The molecule has 1 atom stereocenters. The molecule has 0 fully saturated rings. The Balaban J connectivity index is 2.04. The van der Waals surface area contributed by atoms with E-state index in [2.05, 4.69) is 4.98 Å². The fourth-order valence-electron chi connectivity index (χ4n) is 1.30. The second kappa shape index (κ2) is 5.01. The van der Waals surface area contributed by atoms with Crippen molar-refractivity contribution in [3.05, 3.63) is 53.2 Å². The van der Waals surface area contributed by atoms with Gasteiger partial charge in [-0.1, -0.05) is 11.6 Å². The van der Waals surface area contributed by atoms with Gasteiger partial charge in [0, 0.05) is 6.20 Å². The topological polar surface area (TPSA) is 52.3 Å². The Kier molecular flexibility index (Phi) is 3.44. The van der Waals surface area contributed by atoms with Crippen LogP contribution in [-0.4, -0.2) is 11.0 Å². The van der Waals surface area contributed by atoms with Crippen LogP contribution in [0.2, 0.25) is 5.02 Å². The minimum Gasteiger partial charge on any atom is -0.457 e. The number of pyridine rings is 1. The summed E-state index contributed by atoms with van der Waals surface area (Å²) in [6, 6.07) is 6.58. The third kappa shape index (κ3) is 2.85. The first-order valence-electron chi connectivity index (χ1n) is 5.03. The monoisotopic (exact) mass is 251 g/mol. The van der Waals surface area contributed by atoms with Crippen molar-refractivity contribution in [3.8, 4) is 0 Å². The first kappa shape index (κ1) is 11.7. The van der Waals surface area contributed by atoms with Crippen LogP contribution in [0, 0.1) is 0 Å². The minimum atomic E-state index is -0.515. The molecule has 0 aliphatic carbocycles. The van der Waals surface area contributed by atoms with Gasteiger partial charge in [-0.05, 0) is 31.2 Å². The molecule has 4 nitrogen and oxygen atoms in total. The lowest BCUT2D eigenvalue weighted by molar-refractivity contribution is 0.0293. The minimum absolute atomic E-state index is 0.172. The number of aromatic nitrogens is 1. The highest BCUT2D eigenvalue weighted by Crippen LogP contribution is 2.18. The zero-order chi connectivity index (χ0) is 12.3. The first-order chi connectivity index (χ1) is 8.16. The van der Waals surface area contributed by atoms with Crippen LogP contribution in [0.4, 0.5) is 0 Å². The molecule has 0 unspecified atom stereocenters. The van der Waals surface area contributed by atoms with Crippen LogP contribution in [0.5, 0.6) is 0 Å². The molecule has 0 amide bonds. The first-order valence-corrected chi connectivity index (χ1v) is 5.40. The predicted molar refractivity (Wildman–Crippen MR) is 61.8 cm³/mol. The summed E-state index contributed by atoms with van der Waals surface area (Å²) in [5, 5.41) is 0.540. The summed E-state index contributed by atoms with van der Waals surface area (Å²) in [6.07, 6.45) is 2.47. The lowest BCUT2D eigenvalue weighted by Crippen LogP contribution is -2.09. The third-order valence-corrected chi connectivity index (χ3v) is 2.40. The molecule has 17 heavy (non-hydrogen) atoms. The fraction of sp³-hybridized carbons (Fsp3) is 0.167. The van der Waals surface area contributed by atoms with E-state index in [0.717, 1.165) is 0 Å². The van der Waals surface area contributed by atoms with Crippen molar-refractivity contribution in [2.75, 3.05) is 0 Å². The maximum atomic E-state index is 11.6. The van der Waals surface area contributed by atoms with E-state index in [1.807, 2.05) is 0 Å². The fourth-order valence-corrected chi connectivity index (χ4v) is 1.41. The smallest absolute Gasteiger partial charge is 0.374 e. The number of nitrogens with zero attached hydrogens (tertiary/aromatic N) is 1. The van der Waals surface area contributed by atoms with Gasteiger partial charge in [0.15, 0.2) is 0 Å².